The van der Waals surface area contributed by atoms with Gasteiger partial charge in [0.1, 0.15) is 18.1 Å². The molecule has 0 spiro atoms. The molecule has 3 aromatic rings. The van der Waals surface area contributed by atoms with Crippen molar-refractivity contribution in [2.45, 2.75) is 20.0 Å². The molecule has 35 heavy (non-hydrogen) atoms. The number of anilines is 1. The molecular formula is C25H19F3N2O4S. The number of amides is 3. The second-order valence-corrected chi connectivity index (χ2v) is 8.97. The molecule has 1 aliphatic rings. The van der Waals surface area contributed by atoms with Gasteiger partial charge in [0.2, 0.25) is 5.91 Å². The van der Waals surface area contributed by atoms with Crippen LogP contribution in [0.5, 0.6) is 0 Å². The Bertz CT molecular complexity index is 1340. The van der Waals surface area contributed by atoms with Crippen molar-refractivity contribution in [2.24, 2.45) is 0 Å². The summed E-state index contributed by atoms with van der Waals surface area (Å²) in [4.78, 5) is 38.4. The number of imide groups is 1. The van der Waals surface area contributed by atoms with Gasteiger partial charge in [-0.05, 0) is 73.1 Å². The van der Waals surface area contributed by atoms with Crippen LogP contribution in [0.2, 0.25) is 0 Å². The van der Waals surface area contributed by atoms with Gasteiger partial charge in [-0.15, -0.1) is 0 Å². The average Bonchev–Trinajstić information content (AvgIpc) is 3.33. The molecular weight excluding hydrogens is 481 g/mol. The molecule has 0 unspecified atom stereocenters. The van der Waals surface area contributed by atoms with Crippen LogP contribution in [0.25, 0.3) is 17.4 Å². The lowest BCUT2D eigenvalue weighted by molar-refractivity contribution is -0.137. The first kappa shape index (κ1) is 24.3. The number of nitrogens with zero attached hydrogens (tertiary/aromatic N) is 1. The van der Waals surface area contributed by atoms with Gasteiger partial charge in [0, 0.05) is 17.3 Å². The maximum Gasteiger partial charge on any atom is 0.416 e. The highest BCUT2D eigenvalue weighted by Crippen LogP contribution is 2.35. The van der Waals surface area contributed by atoms with Crippen molar-refractivity contribution in [3.8, 4) is 11.3 Å². The van der Waals surface area contributed by atoms with E-state index in [2.05, 4.69) is 5.32 Å². The summed E-state index contributed by atoms with van der Waals surface area (Å²) in [6.07, 6.45) is -3.17. The van der Waals surface area contributed by atoms with E-state index in [0.717, 1.165) is 28.2 Å². The van der Waals surface area contributed by atoms with Gasteiger partial charge in [-0.3, -0.25) is 19.3 Å². The summed E-state index contributed by atoms with van der Waals surface area (Å²) in [5.74, 6) is -0.826. The Hall–Kier alpha value is -3.79. The van der Waals surface area contributed by atoms with Crippen molar-refractivity contribution in [2.75, 3.05) is 11.9 Å². The van der Waals surface area contributed by atoms with Gasteiger partial charge in [-0.1, -0.05) is 18.2 Å². The third-order valence-electron chi connectivity index (χ3n) is 5.06. The van der Waals surface area contributed by atoms with E-state index in [1.165, 1.54) is 30.3 Å². The molecule has 2 heterocycles. The molecule has 6 nitrogen and oxygen atoms in total. The van der Waals surface area contributed by atoms with E-state index in [0.29, 0.717) is 17.4 Å². The Kier molecular flexibility index (Phi) is 6.58. The molecule has 1 aromatic heterocycles. The molecule has 3 amide bonds. The standard InChI is InChI=1S/C25H19F3N2O4S/c1-14-8-15(2)10-18(9-14)29-22(31)13-30-23(32)21(35-24(30)33)12-19-6-7-20(34-19)16-4-3-5-17(11-16)25(26,27)28/h3-12H,13H2,1-2H3,(H,29,31)/b21-12+. The molecule has 1 N–H and O–H groups in total. The normalized spacial score (nSPS) is 15.2. The second-order valence-electron chi connectivity index (χ2n) is 7.97. The number of carbonyl (C=O) groups excluding carboxylic acids is 3. The highest BCUT2D eigenvalue weighted by molar-refractivity contribution is 8.18. The molecule has 180 valence electrons. The predicted molar refractivity (Wildman–Crippen MR) is 126 cm³/mol. The van der Waals surface area contributed by atoms with Gasteiger partial charge >= 0.3 is 6.18 Å². The van der Waals surface area contributed by atoms with Crippen LogP contribution >= 0.6 is 11.8 Å². The molecule has 1 saturated heterocycles. The Morgan fingerprint density at radius 2 is 1.77 bits per heavy atom. The Morgan fingerprint density at radius 1 is 1.06 bits per heavy atom. The van der Waals surface area contributed by atoms with Crippen LogP contribution < -0.4 is 5.32 Å². The van der Waals surface area contributed by atoms with Crippen molar-refractivity contribution < 1.29 is 32.0 Å². The van der Waals surface area contributed by atoms with E-state index in [4.69, 9.17) is 4.42 Å². The zero-order valence-corrected chi connectivity index (χ0v) is 19.4. The monoisotopic (exact) mass is 500 g/mol. The van der Waals surface area contributed by atoms with Crippen molar-refractivity contribution in [3.63, 3.8) is 0 Å². The maximum atomic E-state index is 13.0. The van der Waals surface area contributed by atoms with Gasteiger partial charge < -0.3 is 9.73 Å². The van der Waals surface area contributed by atoms with Gasteiger partial charge in [0.15, 0.2) is 0 Å². The van der Waals surface area contributed by atoms with E-state index in [1.807, 2.05) is 19.9 Å². The Labute approximate surface area is 202 Å². The van der Waals surface area contributed by atoms with Crippen molar-refractivity contribution >= 4 is 40.6 Å². The molecule has 0 saturated carbocycles. The number of hydrogen-bond donors (Lipinski definition) is 1. The summed E-state index contributed by atoms with van der Waals surface area (Å²) in [6.45, 7) is 3.32. The summed E-state index contributed by atoms with van der Waals surface area (Å²) >= 11 is 0.650. The number of furan rings is 1. The van der Waals surface area contributed by atoms with Gasteiger partial charge in [-0.25, -0.2) is 0 Å². The summed E-state index contributed by atoms with van der Waals surface area (Å²) in [5.41, 5.74) is 1.88. The highest BCUT2D eigenvalue weighted by atomic mass is 32.2. The number of hydrogen-bond acceptors (Lipinski definition) is 5. The van der Waals surface area contributed by atoms with Gasteiger partial charge in [-0.2, -0.15) is 13.2 Å². The summed E-state index contributed by atoms with van der Waals surface area (Å²) in [5, 5.41) is 2.07. The molecule has 0 aliphatic carbocycles. The zero-order valence-electron chi connectivity index (χ0n) is 18.6. The van der Waals surface area contributed by atoms with Crippen LogP contribution in [0.4, 0.5) is 23.7 Å². The third-order valence-corrected chi connectivity index (χ3v) is 5.96. The maximum absolute atomic E-state index is 13.0. The van der Waals surface area contributed by atoms with Crippen LogP contribution in [0.1, 0.15) is 22.5 Å². The average molecular weight is 500 g/mol. The number of alkyl halides is 3. The molecule has 2 aromatic carbocycles. The SMILES string of the molecule is Cc1cc(C)cc(NC(=O)CN2C(=O)S/C(=C/c3ccc(-c4cccc(C(F)(F)F)c4)o3)C2=O)c1. The fraction of sp³-hybridized carbons (Fsp3) is 0.160. The fourth-order valence-electron chi connectivity index (χ4n) is 3.59. The number of rotatable bonds is 5. The zero-order chi connectivity index (χ0) is 25.3. The van der Waals surface area contributed by atoms with Crippen LogP contribution in [-0.2, 0) is 15.8 Å². The summed E-state index contributed by atoms with van der Waals surface area (Å²) < 4.78 is 44.5. The molecule has 0 atom stereocenters. The molecule has 1 aliphatic heterocycles. The topological polar surface area (TPSA) is 79.6 Å². The largest absolute Gasteiger partial charge is 0.457 e. The number of carbonyl (C=O) groups is 3. The first-order chi connectivity index (χ1) is 16.5. The number of halogens is 3. The van der Waals surface area contributed by atoms with E-state index >= 15 is 0 Å². The van der Waals surface area contributed by atoms with E-state index in [-0.39, 0.29) is 22.0 Å². The van der Waals surface area contributed by atoms with Crippen LogP contribution in [0, 0.1) is 13.8 Å². The van der Waals surface area contributed by atoms with Crippen LogP contribution in [0.3, 0.4) is 0 Å². The molecule has 4 rings (SSSR count). The Balaban J connectivity index is 1.46. The van der Waals surface area contributed by atoms with Crippen LogP contribution in [0.15, 0.2) is 63.9 Å². The first-order valence-electron chi connectivity index (χ1n) is 10.4. The number of benzene rings is 2. The third kappa shape index (κ3) is 5.65. The van der Waals surface area contributed by atoms with E-state index < -0.39 is 35.3 Å². The molecule has 10 heteroatoms. The van der Waals surface area contributed by atoms with Gasteiger partial charge in [0.25, 0.3) is 11.1 Å². The lowest BCUT2D eigenvalue weighted by atomic mass is 10.1. The first-order valence-corrected chi connectivity index (χ1v) is 11.2. The molecule has 0 radical (unpaired) electrons. The Morgan fingerprint density at radius 3 is 2.46 bits per heavy atom. The fourth-order valence-corrected chi connectivity index (χ4v) is 4.41. The number of aryl methyl sites for hydroxylation is 2. The van der Waals surface area contributed by atoms with Crippen molar-refractivity contribution in [3.05, 3.63) is 82.0 Å². The minimum atomic E-state index is -4.49. The second kappa shape index (κ2) is 9.46. The lowest BCUT2D eigenvalue weighted by Gasteiger charge is -2.13. The van der Waals surface area contributed by atoms with Crippen LogP contribution in [-0.4, -0.2) is 28.5 Å². The van der Waals surface area contributed by atoms with Crippen molar-refractivity contribution in [1.29, 1.82) is 0 Å². The highest BCUT2D eigenvalue weighted by Gasteiger charge is 2.36. The van der Waals surface area contributed by atoms with E-state index in [9.17, 15) is 27.6 Å². The predicted octanol–water partition coefficient (Wildman–Crippen LogP) is 6.26. The summed E-state index contributed by atoms with van der Waals surface area (Å²) in [7, 11) is 0. The lowest BCUT2D eigenvalue weighted by Crippen LogP contribution is -2.36. The molecule has 1 fully saturated rings. The minimum absolute atomic E-state index is 0.0409. The minimum Gasteiger partial charge on any atom is -0.457 e. The summed E-state index contributed by atoms with van der Waals surface area (Å²) in [6, 6.07) is 13.1. The quantitative estimate of drug-likeness (QED) is 0.419. The smallest absolute Gasteiger partial charge is 0.416 e. The van der Waals surface area contributed by atoms with Crippen molar-refractivity contribution in [1.82, 2.24) is 4.90 Å². The number of nitrogens with one attached hydrogen (secondary N) is 1. The number of thioether (sulfide) groups is 1. The van der Waals surface area contributed by atoms with Gasteiger partial charge in [0.05, 0.1) is 10.5 Å². The molecule has 0 bridgehead atoms. The van der Waals surface area contributed by atoms with E-state index in [1.54, 1.807) is 12.1 Å².